The maximum absolute atomic E-state index is 13.2. The predicted molar refractivity (Wildman–Crippen MR) is 117 cm³/mol. The van der Waals surface area contributed by atoms with E-state index in [0.29, 0.717) is 42.8 Å². The summed E-state index contributed by atoms with van der Waals surface area (Å²) < 4.78 is 5.41. The van der Waals surface area contributed by atoms with E-state index in [0.717, 1.165) is 28.0 Å². The Labute approximate surface area is 178 Å². The highest BCUT2D eigenvalue weighted by atomic mass is 16.4. The first-order valence-electron chi connectivity index (χ1n) is 10.2. The van der Waals surface area contributed by atoms with Gasteiger partial charge in [-0.3, -0.25) is 4.79 Å². The van der Waals surface area contributed by atoms with Gasteiger partial charge in [-0.1, -0.05) is 6.07 Å². The molecule has 2 N–H and O–H groups in total. The smallest absolute Gasteiger partial charge is 0.371 e. The Morgan fingerprint density at radius 3 is 2.61 bits per heavy atom. The van der Waals surface area contributed by atoms with E-state index in [1.54, 1.807) is 6.07 Å². The zero-order valence-corrected chi connectivity index (χ0v) is 17.3. The lowest BCUT2D eigenvalue weighted by Gasteiger charge is -2.37. The van der Waals surface area contributed by atoms with Crippen LogP contribution in [0.2, 0.25) is 0 Å². The molecule has 2 aromatic heterocycles. The third-order valence-electron chi connectivity index (χ3n) is 5.92. The number of furan rings is 1. The predicted octanol–water partition coefficient (Wildman–Crippen LogP) is 3.59. The van der Waals surface area contributed by atoms with Crippen molar-refractivity contribution in [3.8, 4) is 0 Å². The van der Waals surface area contributed by atoms with Gasteiger partial charge in [0, 0.05) is 37.3 Å². The Balaban J connectivity index is 1.36. The summed E-state index contributed by atoms with van der Waals surface area (Å²) in [6.45, 7) is 6.43. The van der Waals surface area contributed by atoms with Gasteiger partial charge in [-0.2, -0.15) is 0 Å². The van der Waals surface area contributed by atoms with Gasteiger partial charge in [0.1, 0.15) is 16.9 Å². The van der Waals surface area contributed by atoms with Crippen LogP contribution in [0.3, 0.4) is 0 Å². The van der Waals surface area contributed by atoms with E-state index in [-0.39, 0.29) is 11.7 Å². The molecule has 8 nitrogen and oxygen atoms in total. The molecule has 0 saturated carbocycles. The number of benzene rings is 2. The van der Waals surface area contributed by atoms with Gasteiger partial charge in [-0.05, 0) is 49.7 Å². The van der Waals surface area contributed by atoms with Crippen LogP contribution in [0.1, 0.15) is 32.3 Å². The van der Waals surface area contributed by atoms with Gasteiger partial charge in [0.2, 0.25) is 5.76 Å². The second-order valence-electron chi connectivity index (χ2n) is 7.84. The summed E-state index contributed by atoms with van der Waals surface area (Å²) in [5.74, 6) is -0.360. The van der Waals surface area contributed by atoms with Gasteiger partial charge in [0.25, 0.3) is 5.91 Å². The van der Waals surface area contributed by atoms with E-state index >= 15 is 0 Å². The number of anilines is 1. The number of hydrogen-bond acceptors (Lipinski definition) is 5. The van der Waals surface area contributed by atoms with Crippen molar-refractivity contribution in [1.82, 2.24) is 14.9 Å². The van der Waals surface area contributed by atoms with Crippen LogP contribution >= 0.6 is 0 Å². The number of aromatic carboxylic acids is 1. The molecule has 5 rings (SSSR count). The molecule has 1 amide bonds. The summed E-state index contributed by atoms with van der Waals surface area (Å²) in [5, 5.41) is 9.99. The van der Waals surface area contributed by atoms with E-state index in [2.05, 4.69) is 14.9 Å². The fourth-order valence-electron chi connectivity index (χ4n) is 4.34. The number of para-hydroxylation sites is 1. The topological polar surface area (TPSA) is 103 Å². The van der Waals surface area contributed by atoms with Gasteiger partial charge in [-0.15, -0.1) is 0 Å². The molecule has 1 fully saturated rings. The minimum atomic E-state index is -1.08. The van der Waals surface area contributed by atoms with Crippen molar-refractivity contribution in [2.75, 3.05) is 31.1 Å². The zero-order valence-electron chi connectivity index (χ0n) is 17.3. The number of carboxylic acids is 1. The minimum Gasteiger partial charge on any atom is -0.475 e. The van der Waals surface area contributed by atoms with Gasteiger partial charge >= 0.3 is 5.97 Å². The van der Waals surface area contributed by atoms with Crippen LogP contribution in [0.25, 0.3) is 22.0 Å². The number of imidazole rings is 1. The highest BCUT2D eigenvalue weighted by molar-refractivity contribution is 6.05. The number of aryl methyl sites for hydroxylation is 2. The van der Waals surface area contributed by atoms with Crippen molar-refractivity contribution in [2.45, 2.75) is 13.8 Å². The van der Waals surface area contributed by atoms with Crippen molar-refractivity contribution in [2.24, 2.45) is 0 Å². The monoisotopic (exact) mass is 418 g/mol. The first-order valence-corrected chi connectivity index (χ1v) is 10.2. The molecule has 1 saturated heterocycles. The maximum Gasteiger partial charge on any atom is 0.371 e. The number of piperazine rings is 1. The molecule has 1 aliphatic heterocycles. The number of rotatable bonds is 3. The molecule has 8 heteroatoms. The lowest BCUT2D eigenvalue weighted by molar-refractivity contribution is 0.0664. The number of fused-ring (bicyclic) bond motifs is 2. The summed E-state index contributed by atoms with van der Waals surface area (Å²) in [6, 6.07) is 11.0. The van der Waals surface area contributed by atoms with Gasteiger partial charge in [0.05, 0.1) is 11.1 Å². The summed E-state index contributed by atoms with van der Waals surface area (Å²) in [6.07, 6.45) is 0. The molecular formula is C23H22N4O4. The van der Waals surface area contributed by atoms with E-state index < -0.39 is 5.97 Å². The molecule has 1 aliphatic rings. The van der Waals surface area contributed by atoms with E-state index in [1.807, 2.05) is 49.1 Å². The van der Waals surface area contributed by atoms with E-state index in [4.69, 9.17) is 4.42 Å². The van der Waals surface area contributed by atoms with Crippen LogP contribution in [0, 0.1) is 13.8 Å². The Hall–Kier alpha value is -3.81. The van der Waals surface area contributed by atoms with Crippen LogP contribution in [0.4, 0.5) is 5.69 Å². The van der Waals surface area contributed by atoms with Crippen molar-refractivity contribution in [1.29, 1.82) is 0 Å². The number of carboxylic acid groups (broad SMARTS) is 1. The molecule has 0 atom stereocenters. The minimum absolute atomic E-state index is 0.00939. The molecule has 0 spiro atoms. The number of carbonyl (C=O) groups excluding carboxylic acids is 1. The quantitative estimate of drug-likeness (QED) is 0.527. The van der Waals surface area contributed by atoms with Crippen LogP contribution < -0.4 is 4.90 Å². The molecular weight excluding hydrogens is 396 g/mol. The summed E-state index contributed by atoms with van der Waals surface area (Å²) >= 11 is 0. The molecule has 0 radical (unpaired) electrons. The zero-order chi connectivity index (χ0) is 21.7. The maximum atomic E-state index is 13.2. The highest BCUT2D eigenvalue weighted by Crippen LogP contribution is 2.31. The van der Waals surface area contributed by atoms with Crippen LogP contribution in [0.5, 0.6) is 0 Å². The lowest BCUT2D eigenvalue weighted by Crippen LogP contribution is -2.49. The van der Waals surface area contributed by atoms with Crippen molar-refractivity contribution < 1.29 is 19.1 Å². The van der Waals surface area contributed by atoms with Crippen LogP contribution in [-0.4, -0.2) is 58.0 Å². The average Bonchev–Trinajstić information content (AvgIpc) is 3.37. The second kappa shape index (κ2) is 7.16. The van der Waals surface area contributed by atoms with Crippen molar-refractivity contribution in [3.05, 3.63) is 59.1 Å². The number of aromatic amines is 1. The van der Waals surface area contributed by atoms with Crippen LogP contribution in [-0.2, 0) is 0 Å². The largest absolute Gasteiger partial charge is 0.475 e. The molecule has 3 heterocycles. The molecule has 158 valence electrons. The Kier molecular flexibility index (Phi) is 4.43. The summed E-state index contributed by atoms with van der Waals surface area (Å²) in [7, 11) is 0. The average molecular weight is 418 g/mol. The molecule has 4 aromatic rings. The van der Waals surface area contributed by atoms with Gasteiger partial charge in [0.15, 0.2) is 0 Å². The van der Waals surface area contributed by atoms with E-state index in [9.17, 15) is 14.7 Å². The molecule has 0 unspecified atom stereocenters. The molecule has 2 aromatic carbocycles. The molecule has 0 bridgehead atoms. The summed E-state index contributed by atoms with van der Waals surface area (Å²) in [5.41, 5.74) is 4.77. The highest BCUT2D eigenvalue weighted by Gasteiger charge is 2.25. The fraction of sp³-hybridized carbons (Fsp3) is 0.261. The Bertz CT molecular complexity index is 1330. The van der Waals surface area contributed by atoms with E-state index in [1.165, 1.54) is 0 Å². The normalized spacial score (nSPS) is 14.5. The first-order chi connectivity index (χ1) is 14.9. The van der Waals surface area contributed by atoms with Gasteiger partial charge in [-0.25, -0.2) is 9.78 Å². The van der Waals surface area contributed by atoms with Crippen molar-refractivity contribution >= 4 is 39.6 Å². The number of H-pyrrole nitrogens is 1. The second-order valence-corrected chi connectivity index (χ2v) is 7.84. The van der Waals surface area contributed by atoms with Crippen molar-refractivity contribution in [3.63, 3.8) is 0 Å². The first kappa shape index (κ1) is 19.2. The fourth-order valence-corrected chi connectivity index (χ4v) is 4.34. The number of amides is 1. The summed E-state index contributed by atoms with van der Waals surface area (Å²) in [4.78, 5) is 36.1. The number of nitrogens with one attached hydrogen (secondary N) is 1. The number of nitrogens with zero attached hydrogens (tertiary/aromatic N) is 3. The van der Waals surface area contributed by atoms with Crippen LogP contribution in [0.15, 0.2) is 40.8 Å². The Morgan fingerprint density at radius 2 is 1.87 bits per heavy atom. The molecule has 0 aliphatic carbocycles. The van der Waals surface area contributed by atoms with Gasteiger partial charge < -0.3 is 24.3 Å². The number of aromatic nitrogens is 2. The SMILES string of the molecule is Cc1nc2c(C(=O)N3CCN(c4ccc5oc(C(=O)O)cc5c4C)CC3)cccc2[nH]1. The number of carbonyl (C=O) groups is 2. The number of hydrogen-bond donors (Lipinski definition) is 2. The lowest BCUT2D eigenvalue weighted by atomic mass is 10.1. The third-order valence-corrected chi connectivity index (χ3v) is 5.92. The molecule has 31 heavy (non-hydrogen) atoms. The standard InChI is InChI=1S/C23H22N4O4/c1-13-16-12-20(23(29)30)31-19(16)7-6-18(13)26-8-10-27(11-9-26)22(28)15-4-3-5-17-21(15)25-14(2)24-17/h3-7,12H,8-11H2,1-2H3,(H,24,25)(H,29,30). The third kappa shape index (κ3) is 3.20. The Morgan fingerprint density at radius 1 is 1.10 bits per heavy atom.